The molecule has 3 rings (SSSR count). The SMILES string of the molecule is COCc1ccccc1-n1c(=S)[nH]c2cc(Cl)c(F)cc21. The summed E-state index contributed by atoms with van der Waals surface area (Å²) < 4.78 is 21.3. The molecular formula is C15H12ClFN2OS. The molecule has 6 heteroatoms. The molecule has 0 aliphatic heterocycles. The Morgan fingerprint density at radius 1 is 1.33 bits per heavy atom. The van der Waals surface area contributed by atoms with Crippen LogP contribution in [0.5, 0.6) is 0 Å². The predicted octanol–water partition coefficient (Wildman–Crippen LogP) is 4.63. The summed E-state index contributed by atoms with van der Waals surface area (Å²) in [7, 11) is 1.63. The molecule has 0 fully saturated rings. The molecule has 1 heterocycles. The maximum Gasteiger partial charge on any atom is 0.182 e. The molecule has 2 aromatic carbocycles. The number of fused-ring (bicyclic) bond motifs is 1. The molecule has 21 heavy (non-hydrogen) atoms. The topological polar surface area (TPSA) is 29.9 Å². The van der Waals surface area contributed by atoms with Gasteiger partial charge in [0.05, 0.1) is 28.4 Å². The zero-order valence-corrected chi connectivity index (χ0v) is 12.8. The Morgan fingerprint density at radius 2 is 2.10 bits per heavy atom. The average molecular weight is 323 g/mol. The van der Waals surface area contributed by atoms with Crippen LogP contribution in [0, 0.1) is 10.6 Å². The highest BCUT2D eigenvalue weighted by molar-refractivity contribution is 7.71. The Balaban J connectivity index is 2.33. The maximum atomic E-state index is 13.8. The number of benzene rings is 2. The van der Waals surface area contributed by atoms with E-state index in [9.17, 15) is 4.39 Å². The zero-order chi connectivity index (χ0) is 15.0. The van der Waals surface area contributed by atoms with Crippen molar-refractivity contribution in [3.8, 4) is 5.69 Å². The highest BCUT2D eigenvalue weighted by Crippen LogP contribution is 2.26. The monoisotopic (exact) mass is 322 g/mol. The lowest BCUT2D eigenvalue weighted by atomic mass is 10.2. The number of aromatic amines is 1. The van der Waals surface area contributed by atoms with Crippen LogP contribution in [0.15, 0.2) is 36.4 Å². The van der Waals surface area contributed by atoms with Crippen LogP contribution in [0.2, 0.25) is 5.02 Å². The lowest BCUT2D eigenvalue weighted by molar-refractivity contribution is 0.185. The number of H-pyrrole nitrogens is 1. The molecule has 0 amide bonds. The first-order valence-electron chi connectivity index (χ1n) is 6.29. The molecule has 3 aromatic rings. The molecule has 0 aliphatic carbocycles. The second kappa shape index (κ2) is 5.60. The van der Waals surface area contributed by atoms with Gasteiger partial charge in [-0.15, -0.1) is 0 Å². The number of aromatic nitrogens is 2. The Morgan fingerprint density at radius 3 is 2.86 bits per heavy atom. The molecule has 0 atom stereocenters. The summed E-state index contributed by atoms with van der Waals surface area (Å²) in [5, 5.41) is 0.0658. The molecule has 108 valence electrons. The molecular weight excluding hydrogens is 311 g/mol. The summed E-state index contributed by atoms with van der Waals surface area (Å²) in [5.41, 5.74) is 3.16. The van der Waals surface area contributed by atoms with Crippen molar-refractivity contribution in [2.45, 2.75) is 6.61 Å². The summed E-state index contributed by atoms with van der Waals surface area (Å²) >= 11 is 11.2. The van der Waals surface area contributed by atoms with E-state index in [0.29, 0.717) is 22.4 Å². The van der Waals surface area contributed by atoms with E-state index < -0.39 is 5.82 Å². The zero-order valence-electron chi connectivity index (χ0n) is 11.2. The molecule has 1 aromatic heterocycles. The van der Waals surface area contributed by atoms with Crippen LogP contribution in [0.25, 0.3) is 16.7 Å². The van der Waals surface area contributed by atoms with Crippen molar-refractivity contribution in [1.29, 1.82) is 0 Å². The quantitative estimate of drug-likeness (QED) is 0.713. The van der Waals surface area contributed by atoms with Crippen molar-refractivity contribution in [1.82, 2.24) is 9.55 Å². The van der Waals surface area contributed by atoms with Gasteiger partial charge in [-0.1, -0.05) is 29.8 Å². The van der Waals surface area contributed by atoms with Crippen LogP contribution in [0.4, 0.5) is 4.39 Å². The third-order valence-corrected chi connectivity index (χ3v) is 3.83. The number of imidazole rings is 1. The number of hydrogen-bond donors (Lipinski definition) is 1. The second-order valence-corrected chi connectivity index (χ2v) is 5.40. The second-order valence-electron chi connectivity index (χ2n) is 4.61. The number of nitrogens with one attached hydrogen (secondary N) is 1. The van der Waals surface area contributed by atoms with Crippen LogP contribution >= 0.6 is 23.8 Å². The third-order valence-electron chi connectivity index (χ3n) is 3.26. The van der Waals surface area contributed by atoms with Crippen molar-refractivity contribution in [3.05, 3.63) is 57.6 Å². The number of hydrogen-bond acceptors (Lipinski definition) is 2. The van der Waals surface area contributed by atoms with E-state index in [0.717, 1.165) is 11.3 Å². The smallest absolute Gasteiger partial charge is 0.182 e. The van der Waals surface area contributed by atoms with Gasteiger partial charge in [0.2, 0.25) is 0 Å². The summed E-state index contributed by atoms with van der Waals surface area (Å²) in [6, 6.07) is 10.6. The van der Waals surface area contributed by atoms with E-state index in [-0.39, 0.29) is 5.02 Å². The third kappa shape index (κ3) is 2.48. The van der Waals surface area contributed by atoms with E-state index in [2.05, 4.69) is 4.98 Å². The summed E-state index contributed by atoms with van der Waals surface area (Å²) in [6.45, 7) is 0.445. The fraction of sp³-hybridized carbons (Fsp3) is 0.133. The number of rotatable bonds is 3. The minimum Gasteiger partial charge on any atom is -0.380 e. The van der Waals surface area contributed by atoms with E-state index in [1.807, 2.05) is 24.3 Å². The standard InChI is InChI=1S/C15H12ClFN2OS/c1-20-8-9-4-2-3-5-13(9)19-14-7-11(17)10(16)6-12(14)18-15(19)21/h2-7H,8H2,1H3,(H,18,21). The fourth-order valence-corrected chi connectivity index (χ4v) is 2.82. The van der Waals surface area contributed by atoms with Crippen LogP contribution in [0.1, 0.15) is 5.56 Å². The van der Waals surface area contributed by atoms with Gasteiger partial charge >= 0.3 is 0 Å². The molecule has 0 saturated carbocycles. The molecule has 0 bridgehead atoms. The molecule has 0 aliphatic rings. The van der Waals surface area contributed by atoms with Gasteiger partial charge in [0.25, 0.3) is 0 Å². The Bertz CT molecular complexity index is 872. The van der Waals surface area contributed by atoms with Gasteiger partial charge in [0, 0.05) is 18.7 Å². The van der Waals surface area contributed by atoms with Crippen molar-refractivity contribution in [2.75, 3.05) is 7.11 Å². The van der Waals surface area contributed by atoms with E-state index in [1.54, 1.807) is 11.7 Å². The molecule has 3 nitrogen and oxygen atoms in total. The summed E-state index contributed by atoms with van der Waals surface area (Å²) in [5.74, 6) is -0.476. The minimum atomic E-state index is -0.476. The fourth-order valence-electron chi connectivity index (χ4n) is 2.35. The molecule has 0 radical (unpaired) electrons. The van der Waals surface area contributed by atoms with Crippen LogP contribution < -0.4 is 0 Å². The Kier molecular flexibility index (Phi) is 3.80. The molecule has 0 saturated heterocycles. The van der Waals surface area contributed by atoms with Crippen molar-refractivity contribution >= 4 is 34.9 Å². The van der Waals surface area contributed by atoms with E-state index >= 15 is 0 Å². The highest BCUT2D eigenvalue weighted by atomic mass is 35.5. The number of ether oxygens (including phenoxy) is 1. The minimum absolute atomic E-state index is 0.0658. The van der Waals surface area contributed by atoms with Gasteiger partial charge in [-0.3, -0.25) is 4.57 Å². The van der Waals surface area contributed by atoms with Gasteiger partial charge < -0.3 is 9.72 Å². The summed E-state index contributed by atoms with van der Waals surface area (Å²) in [6.07, 6.45) is 0. The predicted molar refractivity (Wildman–Crippen MR) is 84.1 cm³/mol. The number of halogens is 2. The van der Waals surface area contributed by atoms with E-state index in [4.69, 9.17) is 28.6 Å². The Hall–Kier alpha value is -1.69. The number of methoxy groups -OCH3 is 1. The van der Waals surface area contributed by atoms with Gasteiger partial charge in [-0.25, -0.2) is 4.39 Å². The molecule has 1 N–H and O–H groups in total. The van der Waals surface area contributed by atoms with Gasteiger partial charge in [-0.05, 0) is 24.4 Å². The normalized spacial score (nSPS) is 11.2. The lowest BCUT2D eigenvalue weighted by Crippen LogP contribution is -2.01. The van der Waals surface area contributed by atoms with Gasteiger partial charge in [0.1, 0.15) is 5.82 Å². The highest BCUT2D eigenvalue weighted by Gasteiger charge is 2.12. The van der Waals surface area contributed by atoms with Crippen LogP contribution in [-0.2, 0) is 11.3 Å². The first-order valence-corrected chi connectivity index (χ1v) is 7.07. The Labute approximate surface area is 130 Å². The van der Waals surface area contributed by atoms with E-state index in [1.165, 1.54) is 12.1 Å². The number of nitrogens with zero attached hydrogens (tertiary/aromatic N) is 1. The largest absolute Gasteiger partial charge is 0.380 e. The maximum absolute atomic E-state index is 13.8. The molecule has 0 spiro atoms. The molecule has 0 unspecified atom stereocenters. The first-order chi connectivity index (χ1) is 10.1. The summed E-state index contributed by atoms with van der Waals surface area (Å²) in [4.78, 5) is 3.05. The van der Waals surface area contributed by atoms with Crippen molar-refractivity contribution in [2.24, 2.45) is 0 Å². The van der Waals surface area contributed by atoms with Crippen molar-refractivity contribution in [3.63, 3.8) is 0 Å². The van der Waals surface area contributed by atoms with Crippen LogP contribution in [0.3, 0.4) is 0 Å². The average Bonchev–Trinajstić information content (AvgIpc) is 2.76. The number of para-hydroxylation sites is 1. The van der Waals surface area contributed by atoms with Crippen molar-refractivity contribution < 1.29 is 9.13 Å². The lowest BCUT2D eigenvalue weighted by Gasteiger charge is -2.10. The van der Waals surface area contributed by atoms with Crippen LogP contribution in [-0.4, -0.2) is 16.7 Å². The first kappa shape index (κ1) is 14.3. The van der Waals surface area contributed by atoms with Gasteiger partial charge in [0.15, 0.2) is 4.77 Å². The van der Waals surface area contributed by atoms with Gasteiger partial charge in [-0.2, -0.15) is 0 Å².